The van der Waals surface area contributed by atoms with E-state index in [4.69, 9.17) is 10.5 Å². The SMILES string of the molecule is COCC1CCN(c2ccc(C)c(N)c2)CC1. The molecule has 0 aromatic heterocycles. The van der Waals surface area contributed by atoms with Gasteiger partial charge >= 0.3 is 0 Å². The minimum absolute atomic E-state index is 0.721. The van der Waals surface area contributed by atoms with Gasteiger partial charge in [-0.15, -0.1) is 0 Å². The van der Waals surface area contributed by atoms with Crippen LogP contribution in [0.25, 0.3) is 0 Å². The molecule has 3 heteroatoms. The first-order valence-electron chi connectivity index (χ1n) is 6.30. The van der Waals surface area contributed by atoms with Gasteiger partial charge < -0.3 is 15.4 Å². The largest absolute Gasteiger partial charge is 0.398 e. The third-order valence-electron chi connectivity index (χ3n) is 3.64. The molecule has 0 spiro atoms. The van der Waals surface area contributed by atoms with E-state index in [-0.39, 0.29) is 0 Å². The van der Waals surface area contributed by atoms with Gasteiger partial charge in [0.1, 0.15) is 0 Å². The third kappa shape index (κ3) is 2.91. The summed E-state index contributed by atoms with van der Waals surface area (Å²) in [6.07, 6.45) is 2.42. The highest BCUT2D eigenvalue weighted by Gasteiger charge is 2.19. The zero-order valence-corrected chi connectivity index (χ0v) is 10.8. The second-order valence-corrected chi connectivity index (χ2v) is 4.93. The summed E-state index contributed by atoms with van der Waals surface area (Å²) in [6.45, 7) is 5.15. The molecular weight excluding hydrogens is 212 g/mol. The molecule has 2 rings (SSSR count). The highest BCUT2D eigenvalue weighted by Crippen LogP contribution is 2.26. The minimum Gasteiger partial charge on any atom is -0.398 e. The lowest BCUT2D eigenvalue weighted by Crippen LogP contribution is -2.35. The van der Waals surface area contributed by atoms with Crippen molar-refractivity contribution in [3.63, 3.8) is 0 Å². The van der Waals surface area contributed by atoms with Crippen LogP contribution in [0.4, 0.5) is 11.4 Å². The minimum atomic E-state index is 0.721. The average Bonchev–Trinajstić information content (AvgIpc) is 2.34. The highest BCUT2D eigenvalue weighted by molar-refractivity contribution is 5.59. The van der Waals surface area contributed by atoms with Gasteiger partial charge in [0.25, 0.3) is 0 Å². The van der Waals surface area contributed by atoms with Gasteiger partial charge in [-0.05, 0) is 43.4 Å². The molecule has 0 radical (unpaired) electrons. The van der Waals surface area contributed by atoms with E-state index >= 15 is 0 Å². The molecule has 0 saturated carbocycles. The van der Waals surface area contributed by atoms with Crippen LogP contribution in [-0.2, 0) is 4.74 Å². The number of hydrogen-bond donors (Lipinski definition) is 1. The molecule has 17 heavy (non-hydrogen) atoms. The van der Waals surface area contributed by atoms with Crippen molar-refractivity contribution in [2.75, 3.05) is 37.4 Å². The molecule has 1 fully saturated rings. The van der Waals surface area contributed by atoms with Gasteiger partial charge in [0.15, 0.2) is 0 Å². The number of rotatable bonds is 3. The standard InChI is InChI=1S/C14H22N2O/c1-11-3-4-13(9-14(11)15)16-7-5-12(6-8-16)10-17-2/h3-4,9,12H,5-8,10,15H2,1-2H3. The van der Waals surface area contributed by atoms with E-state index in [1.54, 1.807) is 7.11 Å². The molecule has 1 aromatic carbocycles. The molecule has 3 nitrogen and oxygen atoms in total. The molecule has 1 aromatic rings. The summed E-state index contributed by atoms with van der Waals surface area (Å²) in [6, 6.07) is 6.36. The number of aryl methyl sites for hydroxylation is 1. The second-order valence-electron chi connectivity index (χ2n) is 4.93. The molecule has 0 amide bonds. The Balaban J connectivity index is 1.98. The van der Waals surface area contributed by atoms with E-state index in [1.165, 1.54) is 18.5 Å². The molecule has 0 aliphatic carbocycles. The van der Waals surface area contributed by atoms with Crippen molar-refractivity contribution in [1.82, 2.24) is 0 Å². The van der Waals surface area contributed by atoms with Crippen molar-refractivity contribution in [2.45, 2.75) is 19.8 Å². The summed E-state index contributed by atoms with van der Waals surface area (Å²) < 4.78 is 5.22. The van der Waals surface area contributed by atoms with Crippen LogP contribution in [0.2, 0.25) is 0 Å². The maximum absolute atomic E-state index is 5.96. The van der Waals surface area contributed by atoms with E-state index in [0.717, 1.165) is 36.9 Å². The Morgan fingerprint density at radius 2 is 2.06 bits per heavy atom. The first-order chi connectivity index (χ1) is 8.20. The lowest BCUT2D eigenvalue weighted by atomic mass is 9.97. The Bertz CT molecular complexity index is 370. The number of ether oxygens (including phenoxy) is 1. The number of piperidine rings is 1. The second kappa shape index (κ2) is 5.41. The van der Waals surface area contributed by atoms with Gasteiger partial charge in [-0.25, -0.2) is 0 Å². The van der Waals surface area contributed by atoms with Gasteiger partial charge in [0.05, 0.1) is 0 Å². The first-order valence-corrected chi connectivity index (χ1v) is 6.30. The molecule has 1 heterocycles. The normalized spacial score (nSPS) is 17.4. The number of hydrogen-bond acceptors (Lipinski definition) is 3. The molecule has 1 aliphatic heterocycles. The van der Waals surface area contributed by atoms with Crippen molar-refractivity contribution in [3.8, 4) is 0 Å². The van der Waals surface area contributed by atoms with Crippen molar-refractivity contribution >= 4 is 11.4 Å². The highest BCUT2D eigenvalue weighted by atomic mass is 16.5. The number of nitrogen functional groups attached to an aromatic ring is 1. The quantitative estimate of drug-likeness (QED) is 0.816. The van der Waals surface area contributed by atoms with Crippen LogP contribution >= 0.6 is 0 Å². The van der Waals surface area contributed by atoms with Crippen LogP contribution in [0, 0.1) is 12.8 Å². The Labute approximate surface area is 104 Å². The summed E-state index contributed by atoms with van der Waals surface area (Å²) >= 11 is 0. The van der Waals surface area contributed by atoms with Gasteiger partial charge in [-0.3, -0.25) is 0 Å². The summed E-state index contributed by atoms with van der Waals surface area (Å²) in [7, 11) is 1.78. The van der Waals surface area contributed by atoms with Crippen LogP contribution in [-0.4, -0.2) is 26.8 Å². The molecule has 1 aliphatic rings. The number of benzene rings is 1. The zero-order valence-electron chi connectivity index (χ0n) is 10.8. The van der Waals surface area contributed by atoms with E-state index in [9.17, 15) is 0 Å². The van der Waals surface area contributed by atoms with Crippen LogP contribution < -0.4 is 10.6 Å². The Morgan fingerprint density at radius 1 is 1.35 bits per heavy atom. The lowest BCUT2D eigenvalue weighted by molar-refractivity contribution is 0.139. The van der Waals surface area contributed by atoms with Crippen LogP contribution in [0.3, 0.4) is 0 Å². The topological polar surface area (TPSA) is 38.5 Å². The Hall–Kier alpha value is -1.22. The van der Waals surface area contributed by atoms with Crippen LogP contribution in [0.5, 0.6) is 0 Å². The van der Waals surface area contributed by atoms with Crippen molar-refractivity contribution in [2.24, 2.45) is 5.92 Å². The van der Waals surface area contributed by atoms with Crippen LogP contribution in [0.15, 0.2) is 18.2 Å². The Morgan fingerprint density at radius 3 is 2.65 bits per heavy atom. The van der Waals surface area contributed by atoms with Gasteiger partial charge in [-0.2, -0.15) is 0 Å². The molecule has 0 unspecified atom stereocenters. The number of anilines is 2. The number of methoxy groups -OCH3 is 1. The maximum Gasteiger partial charge on any atom is 0.0491 e. The zero-order chi connectivity index (χ0) is 12.3. The van der Waals surface area contributed by atoms with E-state index < -0.39 is 0 Å². The van der Waals surface area contributed by atoms with Gasteiger partial charge in [0, 0.05) is 38.2 Å². The van der Waals surface area contributed by atoms with E-state index in [2.05, 4.69) is 23.1 Å². The molecular formula is C14H22N2O. The summed E-state index contributed by atoms with van der Waals surface area (Å²) in [5, 5.41) is 0. The summed E-state index contributed by atoms with van der Waals surface area (Å²) in [4.78, 5) is 2.42. The molecule has 94 valence electrons. The fraction of sp³-hybridized carbons (Fsp3) is 0.571. The first kappa shape index (κ1) is 12.2. The van der Waals surface area contributed by atoms with Crippen molar-refractivity contribution in [1.29, 1.82) is 0 Å². The van der Waals surface area contributed by atoms with Crippen LogP contribution in [0.1, 0.15) is 18.4 Å². The third-order valence-corrected chi connectivity index (χ3v) is 3.64. The van der Waals surface area contributed by atoms with Crippen molar-refractivity contribution < 1.29 is 4.74 Å². The molecule has 1 saturated heterocycles. The number of nitrogens with zero attached hydrogens (tertiary/aromatic N) is 1. The van der Waals surface area contributed by atoms with Crippen molar-refractivity contribution in [3.05, 3.63) is 23.8 Å². The van der Waals surface area contributed by atoms with Gasteiger partial charge in [0.2, 0.25) is 0 Å². The van der Waals surface area contributed by atoms with E-state index in [0.29, 0.717) is 0 Å². The molecule has 2 N–H and O–H groups in total. The predicted molar refractivity (Wildman–Crippen MR) is 72.4 cm³/mol. The summed E-state index contributed by atoms with van der Waals surface area (Å²) in [5.41, 5.74) is 9.26. The predicted octanol–water partition coefficient (Wildman–Crippen LogP) is 2.44. The smallest absolute Gasteiger partial charge is 0.0491 e. The molecule has 0 atom stereocenters. The maximum atomic E-state index is 5.96. The van der Waals surface area contributed by atoms with Gasteiger partial charge in [-0.1, -0.05) is 6.07 Å². The fourth-order valence-corrected chi connectivity index (χ4v) is 2.42. The average molecular weight is 234 g/mol. The fourth-order valence-electron chi connectivity index (χ4n) is 2.42. The molecule has 0 bridgehead atoms. The Kier molecular flexibility index (Phi) is 3.89. The lowest BCUT2D eigenvalue weighted by Gasteiger charge is -2.33. The van der Waals surface area contributed by atoms with E-state index in [1.807, 2.05) is 6.92 Å². The number of nitrogens with two attached hydrogens (primary N) is 1. The monoisotopic (exact) mass is 234 g/mol. The summed E-state index contributed by atoms with van der Waals surface area (Å²) in [5.74, 6) is 0.721.